The topological polar surface area (TPSA) is 0 Å². The highest BCUT2D eigenvalue weighted by Crippen LogP contribution is 2.36. The zero-order valence-electron chi connectivity index (χ0n) is 8.16. The van der Waals surface area contributed by atoms with E-state index >= 15 is 0 Å². The van der Waals surface area contributed by atoms with Crippen LogP contribution in [0.4, 0.5) is 0 Å². The van der Waals surface area contributed by atoms with E-state index in [-0.39, 0.29) is 0 Å². The van der Waals surface area contributed by atoms with Crippen molar-refractivity contribution in [2.24, 2.45) is 5.41 Å². The van der Waals surface area contributed by atoms with Gasteiger partial charge in [-0.05, 0) is 18.3 Å². The fourth-order valence-corrected chi connectivity index (χ4v) is 2.11. The first-order valence-electron chi connectivity index (χ1n) is 5.27. The molecule has 0 atom stereocenters. The fourth-order valence-electron chi connectivity index (χ4n) is 2.11. The van der Waals surface area contributed by atoms with Crippen LogP contribution in [0.25, 0.3) is 0 Å². The molecule has 0 radical (unpaired) electrons. The Morgan fingerprint density at radius 2 is 1.36 bits per heavy atom. The van der Waals surface area contributed by atoms with E-state index in [1.54, 1.807) is 0 Å². The first-order valence-corrected chi connectivity index (χ1v) is 5.27. The minimum atomic E-state index is 0.695. The molecule has 0 bridgehead atoms. The summed E-state index contributed by atoms with van der Waals surface area (Å²) in [5, 5.41) is 0. The van der Waals surface area contributed by atoms with E-state index in [2.05, 4.69) is 13.8 Å². The van der Waals surface area contributed by atoms with Gasteiger partial charge >= 0.3 is 0 Å². The highest BCUT2D eigenvalue weighted by Gasteiger charge is 2.21. The van der Waals surface area contributed by atoms with Crippen molar-refractivity contribution in [2.45, 2.75) is 65.2 Å². The maximum Gasteiger partial charge on any atom is -0.0328 e. The third-order valence-corrected chi connectivity index (χ3v) is 3.41. The van der Waals surface area contributed by atoms with Crippen LogP contribution in [-0.4, -0.2) is 0 Å². The second-order valence-electron chi connectivity index (χ2n) is 4.43. The van der Waals surface area contributed by atoms with Crippen molar-refractivity contribution in [3.8, 4) is 0 Å². The Kier molecular flexibility index (Phi) is 3.42. The van der Waals surface area contributed by atoms with Gasteiger partial charge in [-0.15, -0.1) is 0 Å². The van der Waals surface area contributed by atoms with Gasteiger partial charge in [0.2, 0.25) is 0 Å². The molecule has 1 aliphatic carbocycles. The predicted molar refractivity (Wildman–Crippen MR) is 50.7 cm³/mol. The van der Waals surface area contributed by atoms with Crippen molar-refractivity contribution in [2.75, 3.05) is 0 Å². The van der Waals surface area contributed by atoms with Gasteiger partial charge in [0.15, 0.2) is 0 Å². The Morgan fingerprint density at radius 1 is 0.909 bits per heavy atom. The summed E-state index contributed by atoms with van der Waals surface area (Å²) in [6, 6.07) is 0. The third kappa shape index (κ3) is 2.84. The van der Waals surface area contributed by atoms with Crippen molar-refractivity contribution in [3.05, 3.63) is 0 Å². The molecular weight excluding hydrogens is 132 g/mol. The SMILES string of the molecule is CCC1(C)CCCCCCC1. The van der Waals surface area contributed by atoms with E-state index in [0.717, 1.165) is 0 Å². The van der Waals surface area contributed by atoms with Crippen LogP contribution in [0.5, 0.6) is 0 Å². The summed E-state index contributed by atoms with van der Waals surface area (Å²) in [5.41, 5.74) is 0.695. The van der Waals surface area contributed by atoms with E-state index < -0.39 is 0 Å². The van der Waals surface area contributed by atoms with Gasteiger partial charge in [-0.3, -0.25) is 0 Å². The molecule has 0 heteroatoms. The Labute approximate surface area is 71.4 Å². The van der Waals surface area contributed by atoms with Crippen LogP contribution in [0.2, 0.25) is 0 Å². The molecule has 0 heterocycles. The maximum absolute atomic E-state index is 2.47. The van der Waals surface area contributed by atoms with E-state index in [4.69, 9.17) is 0 Å². The minimum Gasteiger partial charge on any atom is -0.0649 e. The number of hydrogen-bond donors (Lipinski definition) is 0. The summed E-state index contributed by atoms with van der Waals surface area (Å²) in [6.45, 7) is 4.82. The second kappa shape index (κ2) is 4.13. The van der Waals surface area contributed by atoms with E-state index in [0.29, 0.717) is 5.41 Å². The van der Waals surface area contributed by atoms with Gasteiger partial charge in [-0.25, -0.2) is 0 Å². The van der Waals surface area contributed by atoms with Gasteiger partial charge in [0.05, 0.1) is 0 Å². The molecule has 11 heavy (non-hydrogen) atoms. The second-order valence-corrected chi connectivity index (χ2v) is 4.43. The quantitative estimate of drug-likeness (QED) is 0.532. The summed E-state index contributed by atoms with van der Waals surface area (Å²) < 4.78 is 0. The Balaban J connectivity index is 2.37. The molecule has 0 saturated heterocycles. The molecule has 0 aromatic carbocycles. The highest BCUT2D eigenvalue weighted by atomic mass is 14.3. The molecule has 1 fully saturated rings. The molecule has 0 N–H and O–H groups in total. The molecule has 0 aromatic rings. The van der Waals surface area contributed by atoms with Gasteiger partial charge in [-0.2, -0.15) is 0 Å². The van der Waals surface area contributed by atoms with Crippen LogP contribution in [0.15, 0.2) is 0 Å². The minimum absolute atomic E-state index is 0.695. The normalized spacial score (nSPS) is 25.6. The van der Waals surface area contributed by atoms with Crippen LogP contribution in [0.3, 0.4) is 0 Å². The van der Waals surface area contributed by atoms with E-state index in [1.165, 1.54) is 51.4 Å². The molecule has 1 saturated carbocycles. The zero-order chi connectivity index (χ0) is 8.16. The van der Waals surface area contributed by atoms with Gasteiger partial charge in [0.25, 0.3) is 0 Å². The van der Waals surface area contributed by atoms with Gasteiger partial charge in [0.1, 0.15) is 0 Å². The standard InChI is InChI=1S/C11H22/c1-3-11(2)9-7-5-4-6-8-10-11/h3-10H2,1-2H3. The van der Waals surface area contributed by atoms with Crippen molar-refractivity contribution in [1.82, 2.24) is 0 Å². The average Bonchev–Trinajstić information content (AvgIpc) is 1.98. The lowest BCUT2D eigenvalue weighted by Gasteiger charge is -2.30. The fraction of sp³-hybridized carbons (Fsp3) is 1.00. The molecule has 0 amide bonds. The Hall–Kier alpha value is 0. The van der Waals surface area contributed by atoms with Crippen molar-refractivity contribution < 1.29 is 0 Å². The molecule has 0 aliphatic heterocycles. The summed E-state index contributed by atoms with van der Waals surface area (Å²) in [5.74, 6) is 0. The Morgan fingerprint density at radius 3 is 1.82 bits per heavy atom. The molecule has 0 nitrogen and oxygen atoms in total. The van der Waals surface area contributed by atoms with Crippen LogP contribution >= 0.6 is 0 Å². The van der Waals surface area contributed by atoms with Crippen LogP contribution in [0.1, 0.15) is 65.2 Å². The lowest BCUT2D eigenvalue weighted by Crippen LogP contribution is -2.16. The largest absolute Gasteiger partial charge is 0.0649 e. The molecule has 1 rings (SSSR count). The van der Waals surface area contributed by atoms with E-state index in [9.17, 15) is 0 Å². The third-order valence-electron chi connectivity index (χ3n) is 3.41. The summed E-state index contributed by atoms with van der Waals surface area (Å²) >= 11 is 0. The summed E-state index contributed by atoms with van der Waals surface area (Å²) in [7, 11) is 0. The zero-order valence-corrected chi connectivity index (χ0v) is 8.16. The molecule has 0 spiro atoms. The summed E-state index contributed by atoms with van der Waals surface area (Å²) in [4.78, 5) is 0. The molecule has 0 unspecified atom stereocenters. The van der Waals surface area contributed by atoms with Gasteiger partial charge in [-0.1, -0.05) is 52.4 Å². The molecule has 66 valence electrons. The molecule has 1 aliphatic rings. The Bertz CT molecular complexity index is 96.6. The van der Waals surface area contributed by atoms with Gasteiger partial charge < -0.3 is 0 Å². The van der Waals surface area contributed by atoms with Crippen LogP contribution in [0, 0.1) is 5.41 Å². The highest BCUT2D eigenvalue weighted by molar-refractivity contribution is 4.74. The number of rotatable bonds is 1. The van der Waals surface area contributed by atoms with Crippen LogP contribution < -0.4 is 0 Å². The lowest BCUT2D eigenvalue weighted by atomic mass is 9.76. The smallest absolute Gasteiger partial charge is 0.0328 e. The molecule has 0 aromatic heterocycles. The van der Waals surface area contributed by atoms with Gasteiger partial charge in [0, 0.05) is 0 Å². The predicted octanol–water partition coefficient (Wildman–Crippen LogP) is 4.15. The maximum atomic E-state index is 2.47. The first-order chi connectivity index (χ1) is 5.27. The average molecular weight is 154 g/mol. The monoisotopic (exact) mass is 154 g/mol. The molecular formula is C11H22. The number of hydrogen-bond acceptors (Lipinski definition) is 0. The van der Waals surface area contributed by atoms with Crippen molar-refractivity contribution >= 4 is 0 Å². The van der Waals surface area contributed by atoms with Crippen molar-refractivity contribution in [1.29, 1.82) is 0 Å². The van der Waals surface area contributed by atoms with E-state index in [1.807, 2.05) is 0 Å². The lowest BCUT2D eigenvalue weighted by molar-refractivity contribution is 0.228. The first kappa shape index (κ1) is 9.09. The van der Waals surface area contributed by atoms with Crippen LogP contribution in [-0.2, 0) is 0 Å². The summed E-state index contributed by atoms with van der Waals surface area (Å²) in [6.07, 6.45) is 11.7. The van der Waals surface area contributed by atoms with Crippen molar-refractivity contribution in [3.63, 3.8) is 0 Å².